The molecule has 0 atom stereocenters. The summed E-state index contributed by atoms with van der Waals surface area (Å²) < 4.78 is 1.79. The van der Waals surface area contributed by atoms with Crippen molar-refractivity contribution in [1.82, 2.24) is 19.7 Å². The molecular weight excluding hydrogens is 286 g/mol. The molecular formula is C18H14N5. The first-order chi connectivity index (χ1) is 11.2. The van der Waals surface area contributed by atoms with Gasteiger partial charge in [0.05, 0.1) is 17.9 Å². The normalized spacial score (nSPS) is 11.0. The molecule has 1 radical (unpaired) electrons. The highest BCUT2D eigenvalue weighted by Gasteiger charge is 2.09. The van der Waals surface area contributed by atoms with Gasteiger partial charge in [-0.05, 0) is 23.3 Å². The average molecular weight is 300 g/mol. The highest BCUT2D eigenvalue weighted by Crippen LogP contribution is 2.30. The first kappa shape index (κ1) is 13.5. The topological polar surface area (TPSA) is 69.6 Å². The molecule has 0 bridgehead atoms. The van der Waals surface area contributed by atoms with E-state index < -0.39 is 0 Å². The SMILES string of the molecule is Cn1cc(-c2ccc(-c3cnc(N)c4cc[c]nc34)cc2)cn1. The smallest absolute Gasteiger partial charge is 0.132 e. The van der Waals surface area contributed by atoms with Crippen LogP contribution in [0.25, 0.3) is 33.2 Å². The second-order valence-electron chi connectivity index (χ2n) is 5.37. The molecule has 3 aromatic heterocycles. The van der Waals surface area contributed by atoms with E-state index in [1.165, 1.54) is 0 Å². The standard InChI is InChI=1S/C18H14N5/c1-23-11-14(9-22-23)12-4-6-13(7-5-12)16-10-21-18(19)15-3-2-8-20-17(15)16/h2-7,9-11H,1H3,(H2,19,21). The summed E-state index contributed by atoms with van der Waals surface area (Å²) in [5.74, 6) is 0.484. The Labute approximate surface area is 133 Å². The summed E-state index contributed by atoms with van der Waals surface area (Å²) in [4.78, 5) is 8.62. The molecule has 0 aliphatic rings. The van der Waals surface area contributed by atoms with Gasteiger partial charge < -0.3 is 5.73 Å². The fourth-order valence-corrected chi connectivity index (χ4v) is 2.66. The number of hydrogen-bond donors (Lipinski definition) is 1. The molecule has 5 nitrogen and oxygen atoms in total. The van der Waals surface area contributed by atoms with Crippen LogP contribution in [0.15, 0.2) is 55.0 Å². The Morgan fingerprint density at radius 3 is 2.52 bits per heavy atom. The number of fused-ring (bicyclic) bond motifs is 1. The maximum absolute atomic E-state index is 5.93. The molecule has 0 fully saturated rings. The van der Waals surface area contributed by atoms with E-state index in [9.17, 15) is 0 Å². The van der Waals surface area contributed by atoms with Gasteiger partial charge in [0.1, 0.15) is 5.82 Å². The number of nitrogen functional groups attached to an aromatic ring is 1. The first-order valence-electron chi connectivity index (χ1n) is 7.23. The lowest BCUT2D eigenvalue weighted by Crippen LogP contribution is -1.94. The predicted octanol–water partition coefficient (Wildman–Crippen LogP) is 3.08. The zero-order chi connectivity index (χ0) is 15.8. The van der Waals surface area contributed by atoms with E-state index in [4.69, 9.17) is 5.73 Å². The molecule has 0 aliphatic carbocycles. The Morgan fingerprint density at radius 2 is 1.78 bits per heavy atom. The Balaban J connectivity index is 1.81. The number of hydrogen-bond acceptors (Lipinski definition) is 4. The predicted molar refractivity (Wildman–Crippen MR) is 90.4 cm³/mol. The van der Waals surface area contributed by atoms with Crippen LogP contribution in [0, 0.1) is 6.20 Å². The molecule has 111 valence electrons. The van der Waals surface area contributed by atoms with E-state index in [1.807, 2.05) is 25.5 Å². The van der Waals surface area contributed by atoms with Crippen molar-refractivity contribution in [2.75, 3.05) is 5.73 Å². The van der Waals surface area contributed by atoms with Gasteiger partial charge >= 0.3 is 0 Å². The van der Waals surface area contributed by atoms with Gasteiger partial charge in [0.2, 0.25) is 0 Å². The van der Waals surface area contributed by atoms with Crippen molar-refractivity contribution < 1.29 is 0 Å². The fourth-order valence-electron chi connectivity index (χ4n) is 2.66. The minimum atomic E-state index is 0.484. The third-order valence-electron chi connectivity index (χ3n) is 3.85. The minimum absolute atomic E-state index is 0.484. The van der Waals surface area contributed by atoms with Gasteiger partial charge in [0.15, 0.2) is 0 Å². The molecule has 5 heteroatoms. The third-order valence-corrected chi connectivity index (χ3v) is 3.85. The molecule has 4 rings (SSSR count). The molecule has 1 aromatic carbocycles. The Morgan fingerprint density at radius 1 is 1.00 bits per heavy atom. The van der Waals surface area contributed by atoms with Crippen LogP contribution in [-0.2, 0) is 7.05 Å². The van der Waals surface area contributed by atoms with Crippen LogP contribution in [0.4, 0.5) is 5.82 Å². The van der Waals surface area contributed by atoms with Gasteiger partial charge in [-0.2, -0.15) is 5.10 Å². The van der Waals surface area contributed by atoms with Crippen LogP contribution in [0.2, 0.25) is 0 Å². The second-order valence-corrected chi connectivity index (χ2v) is 5.37. The molecule has 23 heavy (non-hydrogen) atoms. The average Bonchev–Trinajstić information content (AvgIpc) is 3.02. The molecule has 0 saturated carbocycles. The summed E-state index contributed by atoms with van der Waals surface area (Å²) in [6.45, 7) is 0. The van der Waals surface area contributed by atoms with Crippen LogP contribution in [0.5, 0.6) is 0 Å². The monoisotopic (exact) mass is 300 g/mol. The first-order valence-corrected chi connectivity index (χ1v) is 7.23. The van der Waals surface area contributed by atoms with Crippen LogP contribution < -0.4 is 5.73 Å². The van der Waals surface area contributed by atoms with Crippen molar-refractivity contribution in [3.8, 4) is 22.3 Å². The van der Waals surface area contributed by atoms with E-state index in [2.05, 4.69) is 45.5 Å². The highest BCUT2D eigenvalue weighted by atomic mass is 15.2. The van der Waals surface area contributed by atoms with Crippen molar-refractivity contribution in [3.05, 3.63) is 61.2 Å². The van der Waals surface area contributed by atoms with Crippen molar-refractivity contribution in [3.63, 3.8) is 0 Å². The van der Waals surface area contributed by atoms with Crippen molar-refractivity contribution in [1.29, 1.82) is 0 Å². The third kappa shape index (κ3) is 2.32. The molecule has 0 amide bonds. The quantitative estimate of drug-likeness (QED) is 0.617. The maximum atomic E-state index is 5.93. The zero-order valence-electron chi connectivity index (χ0n) is 12.6. The van der Waals surface area contributed by atoms with Crippen molar-refractivity contribution >= 4 is 16.7 Å². The summed E-state index contributed by atoms with van der Waals surface area (Å²) in [7, 11) is 1.91. The molecule has 4 aromatic rings. The molecule has 0 spiro atoms. The number of pyridine rings is 2. The minimum Gasteiger partial charge on any atom is -0.383 e. The van der Waals surface area contributed by atoms with Gasteiger partial charge in [0, 0.05) is 36.0 Å². The fraction of sp³-hybridized carbons (Fsp3) is 0.0556. The summed E-state index contributed by atoms with van der Waals surface area (Å²) in [5, 5.41) is 5.05. The highest BCUT2D eigenvalue weighted by molar-refractivity contribution is 5.98. The van der Waals surface area contributed by atoms with Crippen LogP contribution >= 0.6 is 0 Å². The summed E-state index contributed by atoms with van der Waals surface area (Å²) >= 11 is 0. The number of aryl methyl sites for hydroxylation is 1. The second kappa shape index (κ2) is 5.21. The maximum Gasteiger partial charge on any atom is 0.132 e. The Hall–Kier alpha value is -3.21. The summed E-state index contributed by atoms with van der Waals surface area (Å²) in [5.41, 5.74) is 10.9. The number of nitrogens with zero attached hydrogens (tertiary/aromatic N) is 4. The summed E-state index contributed by atoms with van der Waals surface area (Å²) in [6.07, 6.45) is 8.47. The van der Waals surface area contributed by atoms with E-state index >= 15 is 0 Å². The number of rotatable bonds is 2. The molecule has 3 heterocycles. The van der Waals surface area contributed by atoms with E-state index in [-0.39, 0.29) is 0 Å². The van der Waals surface area contributed by atoms with Crippen molar-refractivity contribution in [2.45, 2.75) is 0 Å². The lowest BCUT2D eigenvalue weighted by molar-refractivity contribution is 0.768. The van der Waals surface area contributed by atoms with Crippen LogP contribution in [-0.4, -0.2) is 19.7 Å². The van der Waals surface area contributed by atoms with E-state index in [0.717, 1.165) is 33.2 Å². The van der Waals surface area contributed by atoms with Crippen LogP contribution in [0.1, 0.15) is 0 Å². The lowest BCUT2D eigenvalue weighted by atomic mass is 10.0. The van der Waals surface area contributed by atoms with Gasteiger partial charge in [-0.3, -0.25) is 4.68 Å². The molecule has 0 saturated heterocycles. The van der Waals surface area contributed by atoms with Crippen molar-refractivity contribution in [2.24, 2.45) is 7.05 Å². The van der Waals surface area contributed by atoms with Gasteiger partial charge in [-0.15, -0.1) is 0 Å². The molecule has 2 N–H and O–H groups in total. The van der Waals surface area contributed by atoms with Gasteiger partial charge in [-0.1, -0.05) is 24.3 Å². The number of aromatic nitrogens is 4. The van der Waals surface area contributed by atoms with E-state index in [1.54, 1.807) is 16.9 Å². The number of benzene rings is 1. The van der Waals surface area contributed by atoms with Gasteiger partial charge in [-0.25, -0.2) is 9.97 Å². The number of anilines is 1. The van der Waals surface area contributed by atoms with E-state index in [0.29, 0.717) is 5.82 Å². The van der Waals surface area contributed by atoms with Gasteiger partial charge in [0.25, 0.3) is 0 Å². The lowest BCUT2D eigenvalue weighted by Gasteiger charge is -2.08. The largest absolute Gasteiger partial charge is 0.383 e. The molecule has 0 unspecified atom stereocenters. The zero-order valence-corrected chi connectivity index (χ0v) is 12.6. The Kier molecular flexibility index (Phi) is 3.05. The molecule has 0 aliphatic heterocycles. The Bertz CT molecular complexity index is 986. The number of nitrogens with two attached hydrogens (primary N) is 1. The summed E-state index contributed by atoms with van der Waals surface area (Å²) in [6, 6.07) is 11.9. The van der Waals surface area contributed by atoms with Crippen LogP contribution in [0.3, 0.4) is 0 Å².